The summed E-state index contributed by atoms with van der Waals surface area (Å²) in [7, 11) is 0. The molecule has 0 aromatic heterocycles. The van der Waals surface area contributed by atoms with Gasteiger partial charge in [0.25, 0.3) is 0 Å². The first-order chi connectivity index (χ1) is 5.34. The van der Waals surface area contributed by atoms with Crippen molar-refractivity contribution < 1.29 is 4.39 Å². The topological polar surface area (TPSA) is 0 Å². The van der Waals surface area contributed by atoms with Crippen molar-refractivity contribution in [3.05, 3.63) is 42.7 Å². The average Bonchev–Trinajstić information content (AvgIpc) is 2.03. The number of halogens is 1. The molecule has 2 heteroatoms. The Labute approximate surface area is 70.1 Å². The Bertz CT molecular complexity index is 245. The molecule has 0 atom stereocenters. The highest BCUT2D eigenvalue weighted by atomic mass is 32.2. The van der Waals surface area contributed by atoms with Gasteiger partial charge in [-0.1, -0.05) is 18.2 Å². The Morgan fingerprint density at radius 3 is 2.82 bits per heavy atom. The van der Waals surface area contributed by atoms with Crippen molar-refractivity contribution in [3.8, 4) is 0 Å². The van der Waals surface area contributed by atoms with Gasteiger partial charge < -0.3 is 0 Å². The van der Waals surface area contributed by atoms with E-state index in [1.807, 2.05) is 6.07 Å². The summed E-state index contributed by atoms with van der Waals surface area (Å²) in [4.78, 5) is 0.687. The van der Waals surface area contributed by atoms with Crippen molar-refractivity contribution in [3.63, 3.8) is 0 Å². The third kappa shape index (κ3) is 2.39. The molecule has 0 saturated heterocycles. The second kappa shape index (κ2) is 4.19. The van der Waals surface area contributed by atoms with Crippen LogP contribution in [0, 0.1) is 5.82 Å². The maximum Gasteiger partial charge on any atom is 0.136 e. The van der Waals surface area contributed by atoms with Crippen LogP contribution >= 0.6 is 11.8 Å². The van der Waals surface area contributed by atoms with E-state index in [1.54, 1.807) is 18.2 Å². The SMILES string of the molecule is C=CCSc1ccccc1F. The van der Waals surface area contributed by atoms with Gasteiger partial charge in [0.05, 0.1) is 0 Å². The molecule has 0 aliphatic heterocycles. The second-order valence-electron chi connectivity index (χ2n) is 2.03. The molecule has 1 rings (SSSR count). The molecule has 11 heavy (non-hydrogen) atoms. The minimum Gasteiger partial charge on any atom is -0.206 e. The van der Waals surface area contributed by atoms with Crippen molar-refractivity contribution >= 4 is 11.8 Å². The summed E-state index contributed by atoms with van der Waals surface area (Å²) in [5.74, 6) is 0.598. The fraction of sp³-hybridized carbons (Fsp3) is 0.111. The van der Waals surface area contributed by atoms with E-state index in [1.165, 1.54) is 17.8 Å². The maximum atomic E-state index is 12.9. The minimum atomic E-state index is -0.153. The van der Waals surface area contributed by atoms with Gasteiger partial charge in [0.15, 0.2) is 0 Å². The molecule has 1 aromatic carbocycles. The van der Waals surface area contributed by atoms with Gasteiger partial charge in [-0.3, -0.25) is 0 Å². The van der Waals surface area contributed by atoms with Crippen molar-refractivity contribution in [1.82, 2.24) is 0 Å². The number of hydrogen-bond donors (Lipinski definition) is 0. The second-order valence-corrected chi connectivity index (χ2v) is 3.09. The predicted molar refractivity (Wildman–Crippen MR) is 47.3 cm³/mol. The van der Waals surface area contributed by atoms with Crippen LogP contribution in [0.25, 0.3) is 0 Å². The number of hydrogen-bond acceptors (Lipinski definition) is 1. The summed E-state index contributed by atoms with van der Waals surface area (Å²) < 4.78 is 12.9. The van der Waals surface area contributed by atoms with Crippen molar-refractivity contribution in [2.24, 2.45) is 0 Å². The Morgan fingerprint density at radius 2 is 2.18 bits per heavy atom. The fourth-order valence-corrected chi connectivity index (χ4v) is 1.39. The summed E-state index contributed by atoms with van der Waals surface area (Å²) in [6.45, 7) is 3.56. The van der Waals surface area contributed by atoms with Crippen molar-refractivity contribution in [2.45, 2.75) is 4.90 Å². The monoisotopic (exact) mass is 168 g/mol. The lowest BCUT2D eigenvalue weighted by Crippen LogP contribution is -1.79. The molecule has 0 aliphatic rings. The molecule has 0 aliphatic carbocycles. The highest BCUT2D eigenvalue weighted by Crippen LogP contribution is 2.20. The minimum absolute atomic E-state index is 0.153. The molecule has 0 spiro atoms. The number of benzene rings is 1. The van der Waals surface area contributed by atoms with E-state index in [2.05, 4.69) is 6.58 Å². The Morgan fingerprint density at radius 1 is 1.45 bits per heavy atom. The van der Waals surface area contributed by atoms with Gasteiger partial charge in [-0.15, -0.1) is 18.3 Å². The van der Waals surface area contributed by atoms with E-state index < -0.39 is 0 Å². The van der Waals surface area contributed by atoms with Crippen LogP contribution in [0.2, 0.25) is 0 Å². The molecule has 0 nitrogen and oxygen atoms in total. The molecular weight excluding hydrogens is 159 g/mol. The Balaban J connectivity index is 2.69. The molecule has 0 N–H and O–H groups in total. The first kappa shape index (κ1) is 8.34. The first-order valence-corrected chi connectivity index (χ1v) is 4.31. The van der Waals surface area contributed by atoms with Gasteiger partial charge in [-0.2, -0.15) is 0 Å². The van der Waals surface area contributed by atoms with Crippen LogP contribution in [0.3, 0.4) is 0 Å². The van der Waals surface area contributed by atoms with Gasteiger partial charge in [-0.05, 0) is 12.1 Å². The van der Waals surface area contributed by atoms with Gasteiger partial charge in [0.1, 0.15) is 5.82 Å². The van der Waals surface area contributed by atoms with Gasteiger partial charge >= 0.3 is 0 Å². The van der Waals surface area contributed by atoms with Crippen LogP contribution in [0.1, 0.15) is 0 Å². The molecule has 0 bridgehead atoms. The molecular formula is C9H9FS. The Kier molecular flexibility index (Phi) is 3.17. The number of rotatable bonds is 3. The molecule has 1 aromatic rings. The van der Waals surface area contributed by atoms with E-state index in [-0.39, 0.29) is 5.82 Å². The smallest absolute Gasteiger partial charge is 0.136 e. The van der Waals surface area contributed by atoms with E-state index >= 15 is 0 Å². The molecule has 0 heterocycles. The fourth-order valence-electron chi connectivity index (χ4n) is 0.710. The zero-order valence-corrected chi connectivity index (χ0v) is 6.90. The zero-order chi connectivity index (χ0) is 8.10. The highest BCUT2D eigenvalue weighted by molar-refractivity contribution is 7.99. The standard InChI is InChI=1S/C9H9FS/c1-2-7-11-9-6-4-3-5-8(9)10/h2-6H,1,7H2. The lowest BCUT2D eigenvalue weighted by molar-refractivity contribution is 0.602. The summed E-state index contributed by atoms with van der Waals surface area (Å²) in [6, 6.07) is 6.75. The lowest BCUT2D eigenvalue weighted by Gasteiger charge is -1.97. The summed E-state index contributed by atoms with van der Waals surface area (Å²) >= 11 is 1.45. The van der Waals surface area contributed by atoms with Crippen LogP contribution in [-0.2, 0) is 0 Å². The van der Waals surface area contributed by atoms with Crippen LogP contribution in [0.4, 0.5) is 4.39 Å². The average molecular weight is 168 g/mol. The normalized spacial score (nSPS) is 9.55. The van der Waals surface area contributed by atoms with E-state index in [9.17, 15) is 4.39 Å². The van der Waals surface area contributed by atoms with Gasteiger partial charge in [0.2, 0.25) is 0 Å². The van der Waals surface area contributed by atoms with Crippen LogP contribution in [0.5, 0.6) is 0 Å². The molecule has 58 valence electrons. The summed E-state index contributed by atoms with van der Waals surface area (Å²) in [5.41, 5.74) is 0. The highest BCUT2D eigenvalue weighted by Gasteiger charge is 1.97. The van der Waals surface area contributed by atoms with Crippen LogP contribution in [0.15, 0.2) is 41.8 Å². The quantitative estimate of drug-likeness (QED) is 0.493. The lowest BCUT2D eigenvalue weighted by atomic mass is 10.3. The summed E-state index contributed by atoms with van der Waals surface area (Å²) in [6.07, 6.45) is 1.76. The number of thioether (sulfide) groups is 1. The molecule has 0 fully saturated rings. The third-order valence-corrected chi connectivity index (χ3v) is 2.24. The van der Waals surface area contributed by atoms with Crippen LogP contribution < -0.4 is 0 Å². The molecule has 0 radical (unpaired) electrons. The van der Waals surface area contributed by atoms with Crippen molar-refractivity contribution in [2.75, 3.05) is 5.75 Å². The van der Waals surface area contributed by atoms with Gasteiger partial charge in [-0.25, -0.2) is 4.39 Å². The van der Waals surface area contributed by atoms with E-state index in [0.717, 1.165) is 5.75 Å². The molecule has 0 amide bonds. The first-order valence-electron chi connectivity index (χ1n) is 3.33. The van der Waals surface area contributed by atoms with E-state index in [0.29, 0.717) is 4.90 Å². The maximum absolute atomic E-state index is 12.9. The molecule has 0 unspecified atom stereocenters. The van der Waals surface area contributed by atoms with Crippen molar-refractivity contribution in [1.29, 1.82) is 0 Å². The zero-order valence-electron chi connectivity index (χ0n) is 6.09. The predicted octanol–water partition coefficient (Wildman–Crippen LogP) is 3.10. The largest absolute Gasteiger partial charge is 0.206 e. The summed E-state index contributed by atoms with van der Waals surface area (Å²) in [5, 5.41) is 0. The Hall–Kier alpha value is -0.760. The van der Waals surface area contributed by atoms with E-state index in [4.69, 9.17) is 0 Å². The molecule has 0 saturated carbocycles. The third-order valence-electron chi connectivity index (χ3n) is 1.19. The van der Waals surface area contributed by atoms with Gasteiger partial charge in [0, 0.05) is 10.6 Å². The van der Waals surface area contributed by atoms with Crippen LogP contribution in [-0.4, -0.2) is 5.75 Å².